The minimum atomic E-state index is -1.32. The normalized spacial score (nSPS) is 20.0. The van der Waals surface area contributed by atoms with Crippen LogP contribution >= 0.6 is 24.8 Å². The topological polar surface area (TPSA) is 15.3 Å². The van der Waals surface area contributed by atoms with Crippen LogP contribution in [0.25, 0.3) is 0 Å². The molecule has 0 spiro atoms. The lowest BCUT2D eigenvalue weighted by atomic mass is 9.98. The maximum atomic E-state index is 14.0. The number of rotatable bonds is 3. The van der Waals surface area contributed by atoms with Crippen molar-refractivity contribution < 1.29 is 17.6 Å². The highest BCUT2D eigenvalue weighted by molar-refractivity contribution is 5.85. The van der Waals surface area contributed by atoms with Gasteiger partial charge in [-0.1, -0.05) is 0 Å². The Kier molecular flexibility index (Phi) is 6.92. The summed E-state index contributed by atoms with van der Waals surface area (Å²) >= 11 is 0. The monoisotopic (exact) mass is 360 g/mol. The third kappa shape index (κ3) is 3.67. The number of hydrogen-bond donors (Lipinski definition) is 1. The summed E-state index contributed by atoms with van der Waals surface area (Å²) in [5.74, 6) is -5.06. The Balaban J connectivity index is 0.00000121. The van der Waals surface area contributed by atoms with Crippen molar-refractivity contribution in [3.8, 4) is 0 Å². The first kappa shape index (κ1) is 19.5. The van der Waals surface area contributed by atoms with Gasteiger partial charge >= 0.3 is 0 Å². The van der Waals surface area contributed by atoms with E-state index in [-0.39, 0.29) is 36.8 Å². The first-order valence-corrected chi connectivity index (χ1v) is 6.87. The molecule has 0 aromatic heterocycles. The van der Waals surface area contributed by atoms with E-state index in [0.717, 1.165) is 12.8 Å². The van der Waals surface area contributed by atoms with E-state index in [9.17, 15) is 17.6 Å². The van der Waals surface area contributed by atoms with Gasteiger partial charge in [0.1, 0.15) is 0 Å². The van der Waals surface area contributed by atoms with Crippen LogP contribution in [0.5, 0.6) is 0 Å². The molecule has 0 amide bonds. The summed E-state index contributed by atoms with van der Waals surface area (Å²) in [6.07, 6.45) is 1.68. The Morgan fingerprint density at radius 2 is 1.45 bits per heavy atom. The average molecular weight is 361 g/mol. The van der Waals surface area contributed by atoms with Crippen LogP contribution in [0, 0.1) is 29.2 Å². The van der Waals surface area contributed by atoms with Crippen LogP contribution in [-0.2, 0) is 0 Å². The van der Waals surface area contributed by atoms with E-state index in [0.29, 0.717) is 26.2 Å². The average Bonchev–Trinajstić information content (AvgIpc) is 3.27. The molecule has 1 N–H and O–H groups in total. The van der Waals surface area contributed by atoms with Crippen molar-refractivity contribution in [2.24, 2.45) is 5.92 Å². The number of halogens is 6. The third-order valence-electron chi connectivity index (χ3n) is 4.06. The molecule has 0 unspecified atom stereocenters. The predicted octanol–water partition coefficient (Wildman–Crippen LogP) is 3.44. The van der Waals surface area contributed by atoms with E-state index in [1.54, 1.807) is 0 Å². The molecule has 1 aromatic rings. The zero-order valence-electron chi connectivity index (χ0n) is 11.8. The van der Waals surface area contributed by atoms with Gasteiger partial charge in [0, 0.05) is 43.9 Å². The Hall–Kier alpha value is -0.560. The zero-order chi connectivity index (χ0) is 14.3. The van der Waals surface area contributed by atoms with Crippen LogP contribution < -0.4 is 5.32 Å². The van der Waals surface area contributed by atoms with Gasteiger partial charge in [-0.25, -0.2) is 17.6 Å². The summed E-state index contributed by atoms with van der Waals surface area (Å²) in [5.41, 5.74) is -0.438. The lowest BCUT2D eigenvalue weighted by molar-refractivity contribution is 0.147. The highest BCUT2D eigenvalue weighted by atomic mass is 35.5. The smallest absolute Gasteiger partial charge is 0.166 e. The van der Waals surface area contributed by atoms with Crippen molar-refractivity contribution in [3.05, 3.63) is 34.9 Å². The van der Waals surface area contributed by atoms with E-state index in [1.807, 2.05) is 4.90 Å². The second kappa shape index (κ2) is 7.81. The lowest BCUT2D eigenvalue weighted by Gasteiger charge is -2.35. The van der Waals surface area contributed by atoms with Crippen LogP contribution in [0.1, 0.15) is 24.4 Å². The van der Waals surface area contributed by atoms with Gasteiger partial charge in [-0.3, -0.25) is 4.90 Å². The standard InChI is InChI=1S/C14H16F4N2.2ClH/c15-9-7-10(16)13(18)11(12(9)17)14(8-1-2-8)20-5-3-19-4-6-20;;/h7-8,14,19H,1-6H2;2*1H/t14-;;/m0../s1. The molecular weight excluding hydrogens is 343 g/mol. The fourth-order valence-corrected chi connectivity index (χ4v) is 2.94. The largest absolute Gasteiger partial charge is 0.314 e. The van der Waals surface area contributed by atoms with Gasteiger partial charge in [0.05, 0.1) is 0 Å². The molecule has 0 bridgehead atoms. The molecule has 22 heavy (non-hydrogen) atoms. The minimum Gasteiger partial charge on any atom is -0.314 e. The lowest BCUT2D eigenvalue weighted by Crippen LogP contribution is -2.46. The third-order valence-corrected chi connectivity index (χ3v) is 4.06. The number of nitrogens with one attached hydrogen (secondary N) is 1. The molecule has 1 aromatic carbocycles. The van der Waals surface area contributed by atoms with E-state index in [2.05, 4.69) is 5.32 Å². The maximum absolute atomic E-state index is 14.0. The molecule has 2 fully saturated rings. The summed E-state index contributed by atoms with van der Waals surface area (Å²) in [6, 6.07) is -0.294. The molecule has 0 radical (unpaired) electrons. The van der Waals surface area contributed by atoms with Crippen molar-refractivity contribution in [2.75, 3.05) is 26.2 Å². The Morgan fingerprint density at radius 1 is 0.955 bits per heavy atom. The van der Waals surface area contributed by atoms with E-state index in [4.69, 9.17) is 0 Å². The summed E-state index contributed by atoms with van der Waals surface area (Å²) in [4.78, 5) is 1.93. The Morgan fingerprint density at radius 3 is 1.91 bits per heavy atom. The minimum absolute atomic E-state index is 0. The first-order chi connectivity index (χ1) is 9.59. The molecule has 1 atom stereocenters. The molecule has 1 saturated heterocycles. The maximum Gasteiger partial charge on any atom is 0.166 e. The highest BCUT2D eigenvalue weighted by Gasteiger charge is 2.41. The molecule has 2 nitrogen and oxygen atoms in total. The fourth-order valence-electron chi connectivity index (χ4n) is 2.94. The number of benzene rings is 1. The van der Waals surface area contributed by atoms with Crippen LogP contribution in [0.15, 0.2) is 6.07 Å². The molecule has 126 valence electrons. The van der Waals surface area contributed by atoms with Crippen LogP contribution in [0.2, 0.25) is 0 Å². The molecule has 1 aliphatic heterocycles. The van der Waals surface area contributed by atoms with Crippen LogP contribution in [0.3, 0.4) is 0 Å². The predicted molar refractivity (Wildman–Crippen MR) is 80.7 cm³/mol. The number of hydrogen-bond acceptors (Lipinski definition) is 2. The molecule has 1 saturated carbocycles. The molecule has 8 heteroatoms. The van der Waals surface area contributed by atoms with E-state index in [1.165, 1.54) is 0 Å². The van der Waals surface area contributed by atoms with Gasteiger partial charge in [-0.15, -0.1) is 24.8 Å². The van der Waals surface area contributed by atoms with Gasteiger partial charge in [0.15, 0.2) is 23.3 Å². The van der Waals surface area contributed by atoms with Gasteiger partial charge in [0.25, 0.3) is 0 Å². The van der Waals surface area contributed by atoms with Crippen molar-refractivity contribution in [3.63, 3.8) is 0 Å². The quantitative estimate of drug-likeness (QED) is 0.656. The second-order valence-corrected chi connectivity index (χ2v) is 5.45. The van der Waals surface area contributed by atoms with Crippen LogP contribution in [0.4, 0.5) is 17.6 Å². The van der Waals surface area contributed by atoms with Gasteiger partial charge < -0.3 is 5.32 Å². The summed E-state index contributed by atoms with van der Waals surface area (Å²) in [7, 11) is 0. The Bertz CT molecular complexity index is 494. The molecule has 1 aliphatic carbocycles. The summed E-state index contributed by atoms with van der Waals surface area (Å²) in [5, 5.41) is 3.16. The van der Waals surface area contributed by atoms with E-state index < -0.39 is 34.9 Å². The van der Waals surface area contributed by atoms with E-state index >= 15 is 0 Å². The SMILES string of the molecule is Cl.Cl.Fc1cc(F)c(F)c([C@H](C2CC2)N2CCNCC2)c1F. The highest BCUT2D eigenvalue weighted by Crippen LogP contribution is 2.46. The Labute approximate surface area is 139 Å². The van der Waals surface area contributed by atoms with Gasteiger partial charge in [0.2, 0.25) is 0 Å². The summed E-state index contributed by atoms with van der Waals surface area (Å²) in [6.45, 7) is 2.67. The van der Waals surface area contributed by atoms with Gasteiger partial charge in [-0.05, 0) is 18.8 Å². The molecule has 1 heterocycles. The second-order valence-electron chi connectivity index (χ2n) is 5.45. The first-order valence-electron chi connectivity index (χ1n) is 6.87. The number of nitrogens with zero attached hydrogens (tertiary/aromatic N) is 1. The molecular formula is C14H18Cl2F4N2. The van der Waals surface area contributed by atoms with Crippen LogP contribution in [-0.4, -0.2) is 31.1 Å². The molecule has 2 aliphatic rings. The van der Waals surface area contributed by atoms with Gasteiger partial charge in [-0.2, -0.15) is 0 Å². The van der Waals surface area contributed by atoms with Crippen molar-refractivity contribution in [1.29, 1.82) is 0 Å². The molecule has 3 rings (SSSR count). The number of piperazine rings is 1. The summed E-state index contributed by atoms with van der Waals surface area (Å²) < 4.78 is 54.9. The van der Waals surface area contributed by atoms with Crippen molar-refractivity contribution in [1.82, 2.24) is 10.2 Å². The van der Waals surface area contributed by atoms with Crippen molar-refractivity contribution in [2.45, 2.75) is 18.9 Å². The zero-order valence-corrected chi connectivity index (χ0v) is 13.4. The van der Waals surface area contributed by atoms with Crippen molar-refractivity contribution >= 4 is 24.8 Å². The fraction of sp³-hybridized carbons (Fsp3) is 0.571.